The Hall–Kier alpha value is -3.64. The van der Waals surface area contributed by atoms with Crippen molar-refractivity contribution in [1.29, 1.82) is 0 Å². The van der Waals surface area contributed by atoms with Crippen LogP contribution < -0.4 is 10.6 Å². The zero-order valence-electron chi connectivity index (χ0n) is 17.8. The third-order valence-corrected chi connectivity index (χ3v) is 4.79. The summed E-state index contributed by atoms with van der Waals surface area (Å²) in [6, 6.07) is 10.2. The lowest BCUT2D eigenvalue weighted by molar-refractivity contribution is 0.469. The van der Waals surface area contributed by atoms with E-state index in [2.05, 4.69) is 72.7 Å². The van der Waals surface area contributed by atoms with Crippen molar-refractivity contribution in [3.8, 4) is 0 Å². The van der Waals surface area contributed by atoms with Crippen molar-refractivity contribution in [2.75, 3.05) is 14.1 Å². The molecule has 0 spiro atoms. The molecular weight excluding hydrogens is 354 g/mol. The van der Waals surface area contributed by atoms with Gasteiger partial charge in [0.1, 0.15) is 5.82 Å². The predicted octanol–water partition coefficient (Wildman–Crippen LogP) is 5.41. The van der Waals surface area contributed by atoms with Gasteiger partial charge in [-0.25, -0.2) is 0 Å². The molecule has 1 aromatic carbocycles. The summed E-state index contributed by atoms with van der Waals surface area (Å²) in [6.07, 6.45) is 7.66. The summed E-state index contributed by atoms with van der Waals surface area (Å²) in [5.41, 5.74) is 13.0. The largest absolute Gasteiger partial charge is 0.394 e. The third kappa shape index (κ3) is 4.80. The molecule has 1 aromatic rings. The molecule has 0 saturated heterocycles. The topological polar surface area (TPSA) is 27.3 Å². The Morgan fingerprint density at radius 1 is 1.21 bits per heavy atom. The summed E-state index contributed by atoms with van der Waals surface area (Å²) >= 11 is 0. The van der Waals surface area contributed by atoms with Crippen LogP contribution in [0.2, 0.25) is 0 Å². The Bertz CT molecular complexity index is 1000. The molecule has 2 N–H and O–H groups in total. The average Bonchev–Trinajstić information content (AvgIpc) is 2.75. The van der Waals surface area contributed by atoms with E-state index >= 15 is 0 Å². The van der Waals surface area contributed by atoms with E-state index in [0.717, 1.165) is 45.1 Å². The maximum Gasteiger partial charge on any atom is 0.114 e. The number of rotatable bonds is 6. The van der Waals surface area contributed by atoms with Crippen LogP contribution in [-0.2, 0) is 0 Å². The van der Waals surface area contributed by atoms with Crippen LogP contribution in [-0.4, -0.2) is 19.0 Å². The molecule has 0 aliphatic carbocycles. The monoisotopic (exact) mass is 383 g/mol. The highest BCUT2D eigenvalue weighted by Gasteiger charge is 2.26. The van der Waals surface area contributed by atoms with Gasteiger partial charge >= 0.3 is 0 Å². The first-order valence-electron chi connectivity index (χ1n) is 9.44. The van der Waals surface area contributed by atoms with E-state index in [-0.39, 0.29) is 0 Å². The van der Waals surface area contributed by atoms with Crippen LogP contribution in [0.3, 0.4) is 0 Å². The first kappa shape index (κ1) is 21.7. The van der Waals surface area contributed by atoms with Gasteiger partial charge in [0, 0.05) is 25.4 Å². The van der Waals surface area contributed by atoms with Crippen LogP contribution in [0, 0.1) is 0 Å². The molecule has 0 aromatic heterocycles. The summed E-state index contributed by atoms with van der Waals surface area (Å²) in [7, 11) is 3.88. The Morgan fingerprint density at radius 2 is 1.90 bits per heavy atom. The molecule has 3 nitrogen and oxygen atoms in total. The van der Waals surface area contributed by atoms with Crippen molar-refractivity contribution >= 4 is 5.57 Å². The van der Waals surface area contributed by atoms with E-state index < -0.39 is 0 Å². The fourth-order valence-corrected chi connectivity index (χ4v) is 3.23. The standard InChI is InChI=1S/C26H29N3/c1-8-10-14-23(17-18-27-6)25-21(5)28-26(29(7)24(25)9-2)20(4)19(3)22-15-12-11-13-16-22/h10-18,27-28H,1-3H2,4-7H3/b18-17-,23-14+,26-20-. The number of hydrogen-bond acceptors (Lipinski definition) is 3. The van der Waals surface area contributed by atoms with Crippen LogP contribution in [0.1, 0.15) is 19.4 Å². The van der Waals surface area contributed by atoms with Gasteiger partial charge in [-0.3, -0.25) is 0 Å². The maximum atomic E-state index is 4.31. The van der Waals surface area contributed by atoms with E-state index in [4.69, 9.17) is 0 Å². The second-order valence-electron chi connectivity index (χ2n) is 6.64. The van der Waals surface area contributed by atoms with Gasteiger partial charge in [0.2, 0.25) is 0 Å². The smallest absolute Gasteiger partial charge is 0.114 e. The minimum atomic E-state index is 0.890. The summed E-state index contributed by atoms with van der Waals surface area (Å²) in [4.78, 5) is 2.07. The van der Waals surface area contributed by atoms with Crippen molar-refractivity contribution in [1.82, 2.24) is 15.5 Å². The zero-order valence-corrected chi connectivity index (χ0v) is 17.8. The van der Waals surface area contributed by atoms with Gasteiger partial charge in [0.25, 0.3) is 0 Å². The minimum Gasteiger partial charge on any atom is -0.394 e. The molecule has 0 fully saturated rings. The van der Waals surface area contributed by atoms with E-state index in [1.54, 1.807) is 6.08 Å². The lowest BCUT2D eigenvalue weighted by Gasteiger charge is -2.35. The van der Waals surface area contributed by atoms with Crippen molar-refractivity contribution in [2.45, 2.75) is 13.8 Å². The summed E-state index contributed by atoms with van der Waals surface area (Å²) in [5.74, 6) is 0.961. The predicted molar refractivity (Wildman–Crippen MR) is 124 cm³/mol. The van der Waals surface area contributed by atoms with E-state index in [1.807, 2.05) is 50.6 Å². The zero-order chi connectivity index (χ0) is 21.4. The first-order valence-corrected chi connectivity index (χ1v) is 9.44. The quantitative estimate of drug-likeness (QED) is 0.508. The molecule has 0 atom stereocenters. The van der Waals surface area contributed by atoms with E-state index in [0.29, 0.717) is 0 Å². The van der Waals surface area contributed by atoms with Crippen molar-refractivity contribution < 1.29 is 0 Å². The van der Waals surface area contributed by atoms with Gasteiger partial charge in [-0.1, -0.05) is 50.1 Å². The Balaban J connectivity index is 2.60. The number of nitrogens with zero attached hydrogens (tertiary/aromatic N) is 1. The summed E-state index contributed by atoms with van der Waals surface area (Å²) < 4.78 is 0. The van der Waals surface area contributed by atoms with Crippen LogP contribution >= 0.6 is 0 Å². The van der Waals surface area contributed by atoms with Gasteiger partial charge in [0.05, 0.1) is 5.70 Å². The average molecular weight is 384 g/mol. The van der Waals surface area contributed by atoms with Gasteiger partial charge < -0.3 is 15.5 Å². The van der Waals surface area contributed by atoms with Crippen LogP contribution in [0.25, 0.3) is 5.57 Å². The molecule has 0 unspecified atom stereocenters. The second-order valence-corrected chi connectivity index (χ2v) is 6.64. The highest BCUT2D eigenvalue weighted by molar-refractivity contribution is 5.77. The number of benzene rings is 1. The van der Waals surface area contributed by atoms with Crippen molar-refractivity contribution in [2.24, 2.45) is 0 Å². The Kier molecular flexibility index (Phi) is 7.51. The fourth-order valence-electron chi connectivity index (χ4n) is 3.23. The maximum absolute atomic E-state index is 4.31. The number of allylic oxidation sites excluding steroid dienone is 7. The summed E-state index contributed by atoms with van der Waals surface area (Å²) in [5, 5.41) is 6.59. The molecule has 3 heteroatoms. The molecule has 29 heavy (non-hydrogen) atoms. The second kappa shape index (κ2) is 10.1. The number of likely N-dealkylation sites (N-methyl/N-ethyl adjacent to an activating group) is 1. The highest BCUT2D eigenvalue weighted by atomic mass is 15.3. The van der Waals surface area contributed by atoms with Crippen molar-refractivity contribution in [3.63, 3.8) is 0 Å². The minimum absolute atomic E-state index is 0.890. The lowest BCUT2D eigenvalue weighted by Crippen LogP contribution is -2.35. The summed E-state index contributed by atoms with van der Waals surface area (Å²) in [6.45, 7) is 16.0. The molecule has 1 aliphatic rings. The lowest BCUT2D eigenvalue weighted by atomic mass is 9.95. The van der Waals surface area contributed by atoms with Crippen LogP contribution in [0.15, 0.2) is 120 Å². The van der Waals surface area contributed by atoms with Crippen LogP contribution in [0.4, 0.5) is 0 Å². The molecule has 1 heterocycles. The molecule has 2 rings (SSSR count). The molecule has 1 aliphatic heterocycles. The van der Waals surface area contributed by atoms with Gasteiger partial charge in [-0.15, -0.1) is 11.5 Å². The number of hydrogen-bond donors (Lipinski definition) is 2. The van der Waals surface area contributed by atoms with Crippen molar-refractivity contribution in [3.05, 3.63) is 125 Å². The normalized spacial score (nSPS) is 16.2. The molecule has 0 saturated carbocycles. The van der Waals surface area contributed by atoms with E-state index in [1.165, 1.54) is 0 Å². The van der Waals surface area contributed by atoms with E-state index in [9.17, 15) is 0 Å². The number of nitrogens with one attached hydrogen (secondary N) is 2. The first-order chi connectivity index (χ1) is 14.0. The Labute approximate surface area is 174 Å². The highest BCUT2D eigenvalue weighted by Crippen LogP contribution is 2.34. The third-order valence-electron chi connectivity index (χ3n) is 4.79. The molecule has 0 radical (unpaired) electrons. The fraction of sp³-hybridized carbons (Fsp3) is 0.154. The molecule has 148 valence electrons. The molecular formula is C26H29N3. The van der Waals surface area contributed by atoms with Gasteiger partial charge in [-0.05, 0) is 60.6 Å². The van der Waals surface area contributed by atoms with Crippen LogP contribution in [0.5, 0.6) is 0 Å². The SMILES string of the molecule is C=C=C/C=C(\C=C/NC)C1=C(C)N/C(=C(\C)C(=C)c2ccccc2)N(C)C1=C=C. The molecule has 0 bridgehead atoms. The molecule has 0 amide bonds. The Morgan fingerprint density at radius 3 is 2.48 bits per heavy atom. The van der Waals surface area contributed by atoms with Gasteiger partial charge in [-0.2, -0.15) is 0 Å². The van der Waals surface area contributed by atoms with Gasteiger partial charge in [0.15, 0.2) is 0 Å².